The van der Waals surface area contributed by atoms with E-state index >= 15 is 0 Å². The zero-order valence-corrected chi connectivity index (χ0v) is 16.5. The van der Waals surface area contributed by atoms with E-state index in [4.69, 9.17) is 16.3 Å². The lowest BCUT2D eigenvalue weighted by molar-refractivity contribution is -0.117. The number of aryl methyl sites for hydroxylation is 2. The minimum absolute atomic E-state index is 0.126. The molecule has 0 aliphatic heterocycles. The van der Waals surface area contributed by atoms with E-state index in [-0.39, 0.29) is 15.7 Å². The van der Waals surface area contributed by atoms with Crippen LogP contribution in [-0.4, -0.2) is 27.5 Å². The van der Waals surface area contributed by atoms with Gasteiger partial charge in [-0.05, 0) is 62.2 Å². The third kappa shape index (κ3) is 4.97. The fourth-order valence-electron chi connectivity index (χ4n) is 2.51. The summed E-state index contributed by atoms with van der Waals surface area (Å²) in [5.74, 6) is -0.330. The number of hydrogen-bond donors (Lipinski definition) is 2. The first-order valence-corrected chi connectivity index (χ1v) is 9.73. The summed E-state index contributed by atoms with van der Waals surface area (Å²) in [5, 5.41) is 2.96. The first kappa shape index (κ1) is 20.2. The molecule has 0 aliphatic carbocycles. The Balaban J connectivity index is 2.18. The zero-order valence-electron chi connectivity index (χ0n) is 15.0. The van der Waals surface area contributed by atoms with Crippen molar-refractivity contribution in [1.29, 1.82) is 0 Å². The lowest BCUT2D eigenvalue weighted by atomic mass is 10.1. The van der Waals surface area contributed by atoms with Crippen LogP contribution in [0.25, 0.3) is 0 Å². The van der Waals surface area contributed by atoms with Crippen molar-refractivity contribution < 1.29 is 17.9 Å². The Kier molecular flexibility index (Phi) is 6.28. The Hall–Kier alpha value is -2.09. The number of anilines is 1. The molecule has 2 N–H and O–H groups in total. The topological polar surface area (TPSA) is 84.5 Å². The summed E-state index contributed by atoms with van der Waals surface area (Å²) in [6.45, 7) is 5.30. The highest BCUT2D eigenvalue weighted by molar-refractivity contribution is 7.89. The molecular formula is C18H21ClN2O4S. The van der Waals surface area contributed by atoms with Crippen molar-refractivity contribution in [3.8, 4) is 5.75 Å². The van der Waals surface area contributed by atoms with Gasteiger partial charge in [-0.25, -0.2) is 8.42 Å². The molecule has 2 rings (SSSR count). The third-order valence-electron chi connectivity index (χ3n) is 3.63. The van der Waals surface area contributed by atoms with Gasteiger partial charge in [-0.1, -0.05) is 17.7 Å². The van der Waals surface area contributed by atoms with Crippen molar-refractivity contribution in [2.24, 2.45) is 0 Å². The van der Waals surface area contributed by atoms with Crippen LogP contribution in [0.5, 0.6) is 5.75 Å². The van der Waals surface area contributed by atoms with Gasteiger partial charge in [-0.15, -0.1) is 0 Å². The average Bonchev–Trinajstić information content (AvgIpc) is 2.53. The van der Waals surface area contributed by atoms with E-state index < -0.39 is 22.0 Å². The molecule has 0 aliphatic rings. The highest BCUT2D eigenvalue weighted by atomic mass is 35.5. The van der Waals surface area contributed by atoms with Crippen LogP contribution in [0.15, 0.2) is 41.3 Å². The molecule has 140 valence electrons. The van der Waals surface area contributed by atoms with Gasteiger partial charge in [-0.3, -0.25) is 4.79 Å². The molecule has 0 saturated carbocycles. The zero-order chi connectivity index (χ0) is 19.5. The van der Waals surface area contributed by atoms with Crippen LogP contribution in [0.2, 0.25) is 5.02 Å². The van der Waals surface area contributed by atoms with Crippen molar-refractivity contribution >= 4 is 33.2 Å². The van der Waals surface area contributed by atoms with Crippen LogP contribution < -0.4 is 14.8 Å². The largest absolute Gasteiger partial charge is 0.495 e. The highest BCUT2D eigenvalue weighted by Gasteiger charge is 2.25. The first-order chi connectivity index (χ1) is 12.1. The van der Waals surface area contributed by atoms with Gasteiger partial charge in [0.1, 0.15) is 10.6 Å². The smallest absolute Gasteiger partial charge is 0.245 e. The molecule has 0 bridgehead atoms. The average molecular weight is 397 g/mol. The lowest BCUT2D eigenvalue weighted by Crippen LogP contribution is -2.41. The number of ether oxygens (including phenoxy) is 1. The van der Waals surface area contributed by atoms with Crippen LogP contribution in [0.1, 0.15) is 18.1 Å². The molecular weight excluding hydrogens is 376 g/mol. The quantitative estimate of drug-likeness (QED) is 0.784. The summed E-state index contributed by atoms with van der Waals surface area (Å²) in [7, 11) is -2.64. The minimum Gasteiger partial charge on any atom is -0.495 e. The summed E-state index contributed by atoms with van der Waals surface area (Å²) < 4.78 is 32.6. The molecule has 2 aromatic carbocycles. The molecule has 0 radical (unpaired) electrons. The number of sulfonamides is 1. The Morgan fingerprint density at radius 1 is 1.12 bits per heavy atom. The summed E-state index contributed by atoms with van der Waals surface area (Å²) in [6.07, 6.45) is 0. The maximum Gasteiger partial charge on any atom is 0.245 e. The maximum absolute atomic E-state index is 12.6. The predicted molar refractivity (Wildman–Crippen MR) is 102 cm³/mol. The number of carbonyl (C=O) groups is 1. The molecule has 1 amide bonds. The van der Waals surface area contributed by atoms with Gasteiger partial charge in [0.2, 0.25) is 15.9 Å². The third-order valence-corrected chi connectivity index (χ3v) is 5.43. The number of halogens is 1. The number of carbonyl (C=O) groups excluding carboxylic acids is 1. The molecule has 0 fully saturated rings. The van der Waals surface area contributed by atoms with E-state index in [1.807, 2.05) is 32.0 Å². The summed E-state index contributed by atoms with van der Waals surface area (Å²) >= 11 is 5.89. The van der Waals surface area contributed by atoms with Crippen molar-refractivity contribution in [2.45, 2.75) is 31.7 Å². The number of methoxy groups -OCH3 is 1. The van der Waals surface area contributed by atoms with Crippen LogP contribution >= 0.6 is 11.6 Å². The number of nitrogens with one attached hydrogen (secondary N) is 2. The van der Waals surface area contributed by atoms with Gasteiger partial charge < -0.3 is 10.1 Å². The number of hydrogen-bond acceptors (Lipinski definition) is 4. The Bertz CT molecular complexity index is 909. The van der Waals surface area contributed by atoms with Crippen molar-refractivity contribution in [2.75, 3.05) is 12.4 Å². The van der Waals surface area contributed by atoms with Crippen LogP contribution in [0, 0.1) is 13.8 Å². The van der Waals surface area contributed by atoms with E-state index in [1.54, 1.807) is 0 Å². The first-order valence-electron chi connectivity index (χ1n) is 7.87. The molecule has 2 aromatic rings. The molecule has 26 heavy (non-hydrogen) atoms. The fourth-order valence-corrected chi connectivity index (χ4v) is 4.14. The monoisotopic (exact) mass is 396 g/mol. The second-order valence-electron chi connectivity index (χ2n) is 6.00. The van der Waals surface area contributed by atoms with Gasteiger partial charge in [0.05, 0.1) is 13.2 Å². The summed E-state index contributed by atoms with van der Waals surface area (Å²) in [5.41, 5.74) is 2.60. The molecule has 6 nitrogen and oxygen atoms in total. The van der Waals surface area contributed by atoms with E-state index in [0.717, 1.165) is 11.1 Å². The SMILES string of the molecule is COc1ccc(Cl)cc1S(=O)(=O)N[C@H](C)C(=O)Nc1cc(C)cc(C)c1. The highest BCUT2D eigenvalue weighted by Crippen LogP contribution is 2.27. The van der Waals surface area contributed by atoms with Gasteiger partial charge in [0.15, 0.2) is 0 Å². The van der Waals surface area contributed by atoms with Gasteiger partial charge in [-0.2, -0.15) is 4.72 Å². The van der Waals surface area contributed by atoms with Crippen LogP contribution in [0.4, 0.5) is 5.69 Å². The van der Waals surface area contributed by atoms with Gasteiger partial charge in [0, 0.05) is 10.7 Å². The molecule has 0 spiro atoms. The van der Waals surface area contributed by atoms with Crippen LogP contribution in [-0.2, 0) is 14.8 Å². The second kappa shape index (κ2) is 8.07. The molecule has 8 heteroatoms. The molecule has 1 atom stereocenters. The Morgan fingerprint density at radius 2 is 1.73 bits per heavy atom. The van der Waals surface area contributed by atoms with E-state index in [1.165, 1.54) is 32.2 Å². The Morgan fingerprint density at radius 3 is 2.31 bits per heavy atom. The van der Waals surface area contributed by atoms with E-state index in [0.29, 0.717) is 5.69 Å². The Labute approximate surface area is 158 Å². The fraction of sp³-hybridized carbons (Fsp3) is 0.278. The number of amides is 1. The molecule has 0 heterocycles. The molecule has 0 aromatic heterocycles. The van der Waals surface area contributed by atoms with Crippen LogP contribution in [0.3, 0.4) is 0 Å². The van der Waals surface area contributed by atoms with Gasteiger partial charge >= 0.3 is 0 Å². The minimum atomic E-state index is -4.00. The van der Waals surface area contributed by atoms with E-state index in [9.17, 15) is 13.2 Å². The standard InChI is InChI=1S/C18H21ClN2O4S/c1-11-7-12(2)9-15(8-11)20-18(22)13(3)21-26(23,24)17-10-14(19)5-6-16(17)25-4/h5-10,13,21H,1-4H3,(H,20,22)/t13-/m1/s1. The van der Waals surface area contributed by atoms with Gasteiger partial charge in [0.25, 0.3) is 0 Å². The predicted octanol–water partition coefficient (Wildman–Crippen LogP) is 3.27. The van der Waals surface area contributed by atoms with Crippen molar-refractivity contribution in [1.82, 2.24) is 4.72 Å². The maximum atomic E-state index is 12.6. The molecule has 0 unspecified atom stereocenters. The van der Waals surface area contributed by atoms with Crippen molar-refractivity contribution in [3.05, 3.63) is 52.5 Å². The second-order valence-corrected chi connectivity index (χ2v) is 8.12. The molecule has 0 saturated heterocycles. The number of benzene rings is 2. The summed E-state index contributed by atoms with van der Waals surface area (Å²) in [6, 6.07) is 8.86. The normalized spacial score (nSPS) is 12.5. The van der Waals surface area contributed by atoms with Crippen molar-refractivity contribution in [3.63, 3.8) is 0 Å². The lowest BCUT2D eigenvalue weighted by Gasteiger charge is -2.16. The van der Waals surface area contributed by atoms with E-state index in [2.05, 4.69) is 10.0 Å². The number of rotatable bonds is 6. The summed E-state index contributed by atoms with van der Waals surface area (Å²) in [4.78, 5) is 12.2.